The maximum absolute atomic E-state index is 9.88. The highest BCUT2D eigenvalue weighted by Gasteiger charge is 2.36. The van der Waals surface area contributed by atoms with Gasteiger partial charge in [-0.05, 0) is 32.1 Å². The Morgan fingerprint density at radius 2 is 1.00 bits per heavy atom. The van der Waals surface area contributed by atoms with Crippen LogP contribution in [0.25, 0.3) is 0 Å². The van der Waals surface area contributed by atoms with Gasteiger partial charge >= 0.3 is 0 Å². The molecule has 1 aliphatic carbocycles. The Morgan fingerprint density at radius 1 is 0.556 bits per heavy atom. The molecule has 1 saturated heterocycles. The van der Waals surface area contributed by atoms with Crippen molar-refractivity contribution in [3.8, 4) is 0 Å². The van der Waals surface area contributed by atoms with Gasteiger partial charge in [-0.15, -0.1) is 0 Å². The Labute approximate surface area is 112 Å². The molecular formula is C16H30O2. The van der Waals surface area contributed by atoms with Crippen LogP contribution in [0.2, 0.25) is 0 Å². The fourth-order valence-electron chi connectivity index (χ4n) is 3.17. The lowest BCUT2D eigenvalue weighted by molar-refractivity contribution is 0.146. The van der Waals surface area contributed by atoms with E-state index in [1.165, 1.54) is 64.2 Å². The van der Waals surface area contributed by atoms with Crippen LogP contribution in [-0.4, -0.2) is 23.4 Å². The second-order valence-electron chi connectivity index (χ2n) is 6.20. The molecule has 18 heavy (non-hydrogen) atoms. The van der Waals surface area contributed by atoms with Crippen molar-refractivity contribution in [1.82, 2.24) is 0 Å². The average Bonchev–Trinajstić information content (AvgIpc) is 3.09. The summed E-state index contributed by atoms with van der Waals surface area (Å²) in [5.74, 6) is 0. The predicted molar refractivity (Wildman–Crippen MR) is 74.7 cm³/mol. The first kappa shape index (κ1) is 14.3. The predicted octanol–water partition coefficient (Wildman–Crippen LogP) is 4.20. The minimum absolute atomic E-state index is 0.0601. The summed E-state index contributed by atoms with van der Waals surface area (Å²) in [5, 5.41) is 9.88. The molecule has 1 aliphatic heterocycles. The number of aliphatic hydroxyl groups is 1. The van der Waals surface area contributed by atoms with E-state index in [1.54, 1.807) is 0 Å². The largest absolute Gasteiger partial charge is 0.393 e. The van der Waals surface area contributed by atoms with Crippen molar-refractivity contribution in [2.45, 2.75) is 102 Å². The molecule has 0 amide bonds. The molecule has 2 fully saturated rings. The quantitative estimate of drug-likeness (QED) is 0.657. The Balaban J connectivity index is 1.63. The van der Waals surface area contributed by atoms with Crippen LogP contribution in [0.5, 0.6) is 0 Å². The van der Waals surface area contributed by atoms with E-state index in [0.717, 1.165) is 19.3 Å². The monoisotopic (exact) mass is 254 g/mol. The van der Waals surface area contributed by atoms with E-state index in [2.05, 4.69) is 0 Å². The number of hydrogen-bond acceptors (Lipinski definition) is 2. The second-order valence-corrected chi connectivity index (χ2v) is 6.20. The van der Waals surface area contributed by atoms with Gasteiger partial charge in [0.2, 0.25) is 0 Å². The number of rotatable bonds is 0. The number of ether oxygens (including phenoxy) is 1. The normalized spacial score (nSPS) is 36.8. The zero-order valence-corrected chi connectivity index (χ0v) is 11.8. The lowest BCUT2D eigenvalue weighted by Crippen LogP contribution is -2.07. The molecule has 0 radical (unpaired) electrons. The van der Waals surface area contributed by atoms with Gasteiger partial charge in [-0.25, -0.2) is 0 Å². The van der Waals surface area contributed by atoms with Crippen LogP contribution in [-0.2, 0) is 4.74 Å². The van der Waals surface area contributed by atoms with Crippen LogP contribution in [0.3, 0.4) is 0 Å². The van der Waals surface area contributed by atoms with Gasteiger partial charge in [-0.1, -0.05) is 51.4 Å². The summed E-state index contributed by atoms with van der Waals surface area (Å²) in [6, 6.07) is 0. The van der Waals surface area contributed by atoms with Gasteiger partial charge in [0.05, 0.1) is 18.3 Å². The first-order chi connectivity index (χ1) is 8.86. The fourth-order valence-corrected chi connectivity index (χ4v) is 3.17. The second kappa shape index (κ2) is 8.16. The van der Waals surface area contributed by atoms with Crippen molar-refractivity contribution < 1.29 is 9.84 Å². The lowest BCUT2D eigenvalue weighted by atomic mass is 10.00. The summed E-state index contributed by atoms with van der Waals surface area (Å²) in [6.45, 7) is 0. The highest BCUT2D eigenvalue weighted by molar-refractivity contribution is 4.84. The Hall–Kier alpha value is -0.0800. The zero-order valence-electron chi connectivity index (χ0n) is 11.8. The van der Waals surface area contributed by atoms with Crippen LogP contribution in [0.15, 0.2) is 0 Å². The van der Waals surface area contributed by atoms with Crippen molar-refractivity contribution in [2.24, 2.45) is 0 Å². The molecule has 2 rings (SSSR count). The van der Waals surface area contributed by atoms with Crippen LogP contribution in [0, 0.1) is 0 Å². The highest BCUT2D eigenvalue weighted by atomic mass is 16.6. The van der Waals surface area contributed by atoms with Crippen LogP contribution < -0.4 is 0 Å². The molecule has 0 aromatic rings. The third-order valence-electron chi connectivity index (χ3n) is 4.49. The molecule has 1 heterocycles. The van der Waals surface area contributed by atoms with Crippen molar-refractivity contribution in [1.29, 1.82) is 0 Å². The summed E-state index contributed by atoms with van der Waals surface area (Å²) in [7, 11) is 0. The number of fused-ring (bicyclic) bond motifs is 1. The van der Waals surface area contributed by atoms with Gasteiger partial charge < -0.3 is 9.84 Å². The van der Waals surface area contributed by atoms with Gasteiger partial charge in [-0.2, -0.15) is 0 Å². The van der Waals surface area contributed by atoms with E-state index in [9.17, 15) is 5.11 Å². The summed E-state index contributed by atoms with van der Waals surface area (Å²) in [5.41, 5.74) is 0. The lowest BCUT2D eigenvalue weighted by Gasteiger charge is -2.10. The van der Waals surface area contributed by atoms with Gasteiger partial charge in [-0.3, -0.25) is 0 Å². The van der Waals surface area contributed by atoms with E-state index in [4.69, 9.17) is 4.74 Å². The number of aliphatic hydroxyl groups excluding tert-OH is 1. The van der Waals surface area contributed by atoms with Gasteiger partial charge in [0.15, 0.2) is 0 Å². The third kappa shape index (κ3) is 5.71. The zero-order chi connectivity index (χ0) is 12.6. The first-order valence-electron chi connectivity index (χ1n) is 8.20. The van der Waals surface area contributed by atoms with E-state index < -0.39 is 0 Å². The molecule has 0 spiro atoms. The van der Waals surface area contributed by atoms with Crippen molar-refractivity contribution in [3.05, 3.63) is 0 Å². The maximum atomic E-state index is 9.88. The highest BCUT2D eigenvalue weighted by Crippen LogP contribution is 2.32. The summed E-state index contributed by atoms with van der Waals surface area (Å²) in [4.78, 5) is 0. The molecule has 2 heteroatoms. The molecule has 1 saturated carbocycles. The molecular weight excluding hydrogens is 224 g/mol. The molecule has 2 aliphatic rings. The van der Waals surface area contributed by atoms with E-state index in [0.29, 0.717) is 12.2 Å². The molecule has 1 N–H and O–H groups in total. The van der Waals surface area contributed by atoms with Crippen molar-refractivity contribution in [2.75, 3.05) is 0 Å². The van der Waals surface area contributed by atoms with Gasteiger partial charge in [0.1, 0.15) is 0 Å². The Bertz CT molecular complexity index is 213. The number of hydrogen-bond donors (Lipinski definition) is 1. The molecule has 0 aromatic heterocycles. The molecule has 2 nitrogen and oxygen atoms in total. The minimum Gasteiger partial charge on any atom is -0.393 e. The SMILES string of the molecule is OC1CCCCCCCCCCC2OC2CCC1. The third-order valence-corrected chi connectivity index (χ3v) is 4.49. The molecule has 3 unspecified atom stereocenters. The smallest absolute Gasteiger partial charge is 0.0841 e. The molecule has 106 valence electrons. The summed E-state index contributed by atoms with van der Waals surface area (Å²) >= 11 is 0. The summed E-state index contributed by atoms with van der Waals surface area (Å²) < 4.78 is 5.70. The Kier molecular flexibility index (Phi) is 6.50. The average molecular weight is 254 g/mol. The van der Waals surface area contributed by atoms with Crippen molar-refractivity contribution in [3.63, 3.8) is 0 Å². The first-order valence-corrected chi connectivity index (χ1v) is 8.20. The number of epoxide rings is 1. The molecule has 0 aromatic carbocycles. The van der Waals surface area contributed by atoms with E-state index >= 15 is 0 Å². The topological polar surface area (TPSA) is 32.8 Å². The summed E-state index contributed by atoms with van der Waals surface area (Å²) in [6.07, 6.45) is 17.4. The van der Waals surface area contributed by atoms with Crippen LogP contribution in [0.1, 0.15) is 83.5 Å². The van der Waals surface area contributed by atoms with Gasteiger partial charge in [0.25, 0.3) is 0 Å². The molecule has 0 bridgehead atoms. The fraction of sp³-hybridized carbons (Fsp3) is 1.00. The minimum atomic E-state index is -0.0601. The van der Waals surface area contributed by atoms with Crippen LogP contribution >= 0.6 is 0 Å². The van der Waals surface area contributed by atoms with Crippen LogP contribution in [0.4, 0.5) is 0 Å². The van der Waals surface area contributed by atoms with Gasteiger partial charge in [0, 0.05) is 0 Å². The van der Waals surface area contributed by atoms with E-state index in [1.807, 2.05) is 0 Å². The van der Waals surface area contributed by atoms with Crippen molar-refractivity contribution >= 4 is 0 Å². The van der Waals surface area contributed by atoms with E-state index in [-0.39, 0.29) is 6.10 Å². The standard InChI is InChI=1S/C16H30O2/c17-14-10-7-5-3-1-2-4-6-8-12-15-16(18-15)13-9-11-14/h14-17H,1-13H2. The Morgan fingerprint density at radius 3 is 1.67 bits per heavy atom. The maximum Gasteiger partial charge on any atom is 0.0841 e. The molecule has 3 atom stereocenters.